The molecule has 7 rings (SSSR count). The van der Waals surface area contributed by atoms with Crippen LogP contribution in [0.5, 0.6) is 0 Å². The second kappa shape index (κ2) is 8.96. The molecule has 0 unspecified atom stereocenters. The molecule has 0 radical (unpaired) electrons. The van der Waals surface area contributed by atoms with E-state index < -0.39 is 0 Å². The molecule has 12 bridgehead atoms. The maximum atomic E-state index is 10.3. The first-order valence-corrected chi connectivity index (χ1v) is 12.6. The van der Waals surface area contributed by atoms with E-state index in [1.165, 1.54) is 0 Å². The average Bonchev–Trinajstić information content (AvgIpc) is 3.00. The number of nitriles is 1. The highest BCUT2D eigenvalue weighted by Gasteiger charge is 2.05. The van der Waals surface area contributed by atoms with Crippen molar-refractivity contribution in [2.24, 2.45) is 0 Å². The van der Waals surface area contributed by atoms with E-state index in [1.807, 2.05) is 66.7 Å². The monoisotopic (exact) mass is 483 g/mol. The van der Waals surface area contributed by atoms with Gasteiger partial charge >= 0.3 is 0 Å². The first kappa shape index (κ1) is 21.9. The molecule has 176 valence electrons. The van der Waals surface area contributed by atoms with Crippen molar-refractivity contribution in [3.05, 3.63) is 133 Å². The normalized spacial score (nSPS) is 11.1. The third-order valence-corrected chi connectivity index (χ3v) is 7.07. The first-order chi connectivity index (χ1) is 18.8. The number of nitrogens with zero attached hydrogens (tertiary/aromatic N) is 3. The zero-order valence-corrected chi connectivity index (χ0v) is 20.5. The van der Waals surface area contributed by atoms with E-state index in [9.17, 15) is 5.26 Å². The maximum Gasteiger partial charge on any atom is 0.100 e. The van der Waals surface area contributed by atoms with Crippen LogP contribution < -0.4 is 0 Å². The molecule has 3 heteroatoms. The Hall–Kier alpha value is -5.33. The molecule has 7 aromatic rings. The highest BCUT2D eigenvalue weighted by atomic mass is 14.7. The summed E-state index contributed by atoms with van der Waals surface area (Å²) in [5, 5.41) is 18.2. The van der Waals surface area contributed by atoms with Crippen LogP contribution in [0.2, 0.25) is 0 Å². The van der Waals surface area contributed by atoms with Crippen LogP contribution in [0.3, 0.4) is 0 Å². The largest absolute Gasteiger partial charge is 0.248 e. The van der Waals surface area contributed by atoms with Gasteiger partial charge in [0.15, 0.2) is 0 Å². The molecule has 0 atom stereocenters. The van der Waals surface area contributed by atoms with Crippen molar-refractivity contribution in [2.75, 3.05) is 0 Å². The van der Waals surface area contributed by atoms with Gasteiger partial charge in [-0.1, -0.05) is 84.9 Å². The maximum absolute atomic E-state index is 10.3. The van der Waals surface area contributed by atoms with Gasteiger partial charge < -0.3 is 0 Å². The van der Waals surface area contributed by atoms with E-state index in [0.29, 0.717) is 5.56 Å². The van der Waals surface area contributed by atoms with Crippen molar-refractivity contribution in [3.8, 4) is 6.07 Å². The van der Waals surface area contributed by atoms with E-state index in [2.05, 4.69) is 66.7 Å². The summed E-state index contributed by atoms with van der Waals surface area (Å²) in [5.74, 6) is 0. The van der Waals surface area contributed by atoms with E-state index >= 15 is 0 Å². The Labute approximate surface area is 219 Å². The molecule has 0 fully saturated rings. The fourth-order valence-electron chi connectivity index (χ4n) is 5.20. The molecule has 0 aliphatic carbocycles. The molecule has 0 aliphatic rings. The summed E-state index contributed by atoms with van der Waals surface area (Å²) in [5.41, 5.74) is 4.23. The van der Waals surface area contributed by atoms with Gasteiger partial charge in [-0.05, 0) is 53.2 Å². The molecule has 3 heterocycles. The van der Waals surface area contributed by atoms with Crippen LogP contribution >= 0.6 is 0 Å². The van der Waals surface area contributed by atoms with Crippen molar-refractivity contribution >= 4 is 65.2 Å². The van der Waals surface area contributed by atoms with Gasteiger partial charge in [-0.3, -0.25) is 0 Å². The predicted octanol–water partition coefficient (Wildman–Crippen LogP) is 8.95. The Morgan fingerprint density at radius 2 is 0.711 bits per heavy atom. The zero-order valence-electron chi connectivity index (χ0n) is 20.5. The molecule has 0 aliphatic heterocycles. The SMILES string of the molecule is N#Cc1c2cccc1c1cccc(c1)c1cccc(n1)c1cccc(c1)c1cccc(n1)c1cccc2c1. The van der Waals surface area contributed by atoms with Crippen LogP contribution in [-0.2, 0) is 0 Å². The summed E-state index contributed by atoms with van der Waals surface area (Å²) in [6, 6.07) is 45.7. The Balaban J connectivity index is 1.76. The van der Waals surface area contributed by atoms with E-state index in [0.717, 1.165) is 65.2 Å². The molecule has 3 nitrogen and oxygen atoms in total. The van der Waals surface area contributed by atoms with Crippen molar-refractivity contribution < 1.29 is 0 Å². The number of hydrogen-bond acceptors (Lipinski definition) is 3. The van der Waals surface area contributed by atoms with Gasteiger partial charge in [0.25, 0.3) is 0 Å². The van der Waals surface area contributed by atoms with Gasteiger partial charge in [0.2, 0.25) is 0 Å². The molecule has 4 aromatic carbocycles. The minimum atomic E-state index is 0.654. The molecule has 3 aromatic heterocycles. The van der Waals surface area contributed by atoms with E-state index in [4.69, 9.17) is 9.97 Å². The summed E-state index contributed by atoms with van der Waals surface area (Å²) in [4.78, 5) is 10.0. The minimum absolute atomic E-state index is 0.654. The number of fused-ring (bicyclic) bond motifs is 18. The number of aromatic nitrogens is 2. The number of pyridine rings is 2. The fraction of sp³-hybridized carbons (Fsp3) is 0. The standard InChI is InChI=1S/C35H21N3/c36-22-31-29-13-4-14-30(31)24-8-2-10-26(20-24)33-16-6-18-35(38-33)28-12-3-11-27(21-28)34-17-5-15-32(37-34)25-9-1-7-23(29)19-25/h1-21H. The van der Waals surface area contributed by atoms with Crippen LogP contribution in [0, 0.1) is 11.3 Å². The number of benzene rings is 4. The molecular weight excluding hydrogens is 462 g/mol. The van der Waals surface area contributed by atoms with Crippen LogP contribution in [0.15, 0.2) is 127 Å². The van der Waals surface area contributed by atoms with Gasteiger partial charge in [0.1, 0.15) is 6.07 Å². The average molecular weight is 484 g/mol. The Morgan fingerprint density at radius 3 is 1.11 bits per heavy atom. The second-order valence-corrected chi connectivity index (χ2v) is 9.40. The lowest BCUT2D eigenvalue weighted by Gasteiger charge is -2.04. The molecule has 0 amide bonds. The Kier molecular flexibility index (Phi) is 5.17. The lowest BCUT2D eigenvalue weighted by Crippen LogP contribution is -1.83. The number of hydrogen-bond donors (Lipinski definition) is 0. The third-order valence-electron chi connectivity index (χ3n) is 7.07. The quantitative estimate of drug-likeness (QED) is 0.216. The van der Waals surface area contributed by atoms with E-state index in [1.54, 1.807) is 0 Å². The Morgan fingerprint density at radius 1 is 0.395 bits per heavy atom. The summed E-state index contributed by atoms with van der Waals surface area (Å²) >= 11 is 0. The predicted molar refractivity (Wildman–Crippen MR) is 158 cm³/mol. The van der Waals surface area contributed by atoms with Crippen molar-refractivity contribution in [1.29, 1.82) is 5.26 Å². The van der Waals surface area contributed by atoms with Crippen LogP contribution in [0.1, 0.15) is 5.56 Å². The minimum Gasteiger partial charge on any atom is -0.248 e. The second-order valence-electron chi connectivity index (χ2n) is 9.40. The van der Waals surface area contributed by atoms with Crippen LogP contribution in [0.25, 0.3) is 65.2 Å². The molecule has 0 N–H and O–H groups in total. The highest BCUT2D eigenvalue weighted by molar-refractivity contribution is 6.02. The van der Waals surface area contributed by atoms with E-state index in [-0.39, 0.29) is 0 Å². The summed E-state index contributed by atoms with van der Waals surface area (Å²) in [7, 11) is 0. The summed E-state index contributed by atoms with van der Waals surface area (Å²) in [6.07, 6.45) is 0. The van der Waals surface area contributed by atoms with Gasteiger partial charge in [0.05, 0.1) is 27.6 Å². The lowest BCUT2D eigenvalue weighted by molar-refractivity contribution is 1.49. The van der Waals surface area contributed by atoms with Crippen LogP contribution in [-0.4, -0.2) is 9.97 Å². The van der Waals surface area contributed by atoms with Crippen LogP contribution in [0.4, 0.5) is 0 Å². The molecule has 0 spiro atoms. The summed E-state index contributed by atoms with van der Waals surface area (Å²) < 4.78 is 0. The molecule has 0 saturated carbocycles. The summed E-state index contributed by atoms with van der Waals surface area (Å²) in [6.45, 7) is 0. The van der Waals surface area contributed by atoms with Crippen molar-refractivity contribution in [3.63, 3.8) is 0 Å². The van der Waals surface area contributed by atoms with Gasteiger partial charge in [-0.2, -0.15) is 5.26 Å². The molecular formula is C35H21N3. The number of rotatable bonds is 0. The highest BCUT2D eigenvalue weighted by Crippen LogP contribution is 2.27. The fourth-order valence-corrected chi connectivity index (χ4v) is 5.20. The Bertz CT molecular complexity index is 2060. The lowest BCUT2D eigenvalue weighted by atomic mass is 10.00. The first-order valence-electron chi connectivity index (χ1n) is 12.6. The van der Waals surface area contributed by atoms with Gasteiger partial charge in [-0.15, -0.1) is 0 Å². The van der Waals surface area contributed by atoms with Gasteiger partial charge in [0, 0.05) is 32.3 Å². The van der Waals surface area contributed by atoms with Crippen molar-refractivity contribution in [2.45, 2.75) is 0 Å². The molecule has 38 heavy (non-hydrogen) atoms. The third kappa shape index (κ3) is 3.77. The topological polar surface area (TPSA) is 49.6 Å². The van der Waals surface area contributed by atoms with Gasteiger partial charge in [-0.25, -0.2) is 9.97 Å². The smallest absolute Gasteiger partial charge is 0.100 e. The molecule has 0 saturated heterocycles. The zero-order chi connectivity index (χ0) is 25.5. The van der Waals surface area contributed by atoms with Crippen molar-refractivity contribution in [1.82, 2.24) is 9.97 Å².